The van der Waals surface area contributed by atoms with Crippen LogP contribution in [0.25, 0.3) is 22.3 Å². The molecule has 0 radical (unpaired) electrons. The number of aliphatic hydroxyl groups is 1. The fourth-order valence-corrected chi connectivity index (χ4v) is 7.54. The number of hydrogen-bond donors (Lipinski definition) is 3. The molecular weight excluding hydrogens is 686 g/mol. The summed E-state index contributed by atoms with van der Waals surface area (Å²) in [6, 6.07) is 7.06. The van der Waals surface area contributed by atoms with Crippen LogP contribution in [0.15, 0.2) is 41.5 Å². The molecule has 17 nitrogen and oxygen atoms in total. The molecule has 3 N–H and O–H groups in total. The second-order valence-electron chi connectivity index (χ2n) is 13.8. The number of pyridine rings is 2. The van der Waals surface area contributed by atoms with Crippen LogP contribution in [-0.4, -0.2) is 122 Å². The average molecular weight is 726 g/mol. The van der Waals surface area contributed by atoms with Crippen LogP contribution < -0.4 is 20.7 Å². The van der Waals surface area contributed by atoms with Crippen molar-refractivity contribution in [2.24, 2.45) is 0 Å². The Hall–Kier alpha value is -5.49. The average Bonchev–Trinajstić information content (AvgIpc) is 3.55. The number of piperazine rings is 2. The lowest BCUT2D eigenvalue weighted by Gasteiger charge is -2.34. The largest absolute Gasteiger partial charge is 0.458 e. The molecule has 3 aromatic heterocycles. The van der Waals surface area contributed by atoms with E-state index in [1.807, 2.05) is 11.0 Å². The second-order valence-corrected chi connectivity index (χ2v) is 13.8. The van der Waals surface area contributed by atoms with Crippen molar-refractivity contribution in [3.05, 3.63) is 74.8 Å². The summed E-state index contributed by atoms with van der Waals surface area (Å²) in [6.45, 7) is 7.47. The van der Waals surface area contributed by atoms with Gasteiger partial charge in [0.1, 0.15) is 12.4 Å². The van der Waals surface area contributed by atoms with Crippen LogP contribution in [0.5, 0.6) is 5.75 Å². The number of carbonyl (C=O) groups excluding carboxylic acids is 3. The Morgan fingerprint density at radius 2 is 1.74 bits per heavy atom. The van der Waals surface area contributed by atoms with E-state index in [1.165, 1.54) is 12.4 Å². The number of anilines is 1. The lowest BCUT2D eigenvalue weighted by atomic mass is 9.86. The van der Waals surface area contributed by atoms with Crippen molar-refractivity contribution >= 4 is 34.8 Å². The smallest absolute Gasteiger partial charge is 0.415 e. The molecule has 0 unspecified atom stereocenters. The third kappa shape index (κ3) is 6.04. The Morgan fingerprint density at radius 3 is 2.43 bits per heavy atom. The lowest BCUT2D eigenvalue weighted by molar-refractivity contribution is -0.172. The molecule has 7 heterocycles. The minimum Gasteiger partial charge on any atom is -0.458 e. The molecule has 4 aliphatic heterocycles. The van der Waals surface area contributed by atoms with Gasteiger partial charge in [-0.3, -0.25) is 19.7 Å². The second kappa shape index (κ2) is 13.5. The zero-order valence-corrected chi connectivity index (χ0v) is 29.4. The lowest BCUT2D eigenvalue weighted by Crippen LogP contribution is -2.50. The number of hydroxylamine groups is 1. The quantitative estimate of drug-likeness (QED) is 0.128. The molecule has 0 spiro atoms. The minimum atomic E-state index is -1.92. The van der Waals surface area contributed by atoms with Gasteiger partial charge >= 0.3 is 12.1 Å². The first-order chi connectivity index (χ1) is 25.6. The predicted molar refractivity (Wildman–Crippen MR) is 188 cm³/mol. The zero-order valence-electron chi connectivity index (χ0n) is 29.4. The number of amides is 2. The summed E-state index contributed by atoms with van der Waals surface area (Å²) < 4.78 is 12.8. The van der Waals surface area contributed by atoms with Crippen LogP contribution in [0.1, 0.15) is 46.0 Å². The van der Waals surface area contributed by atoms with Crippen LogP contribution in [0.3, 0.4) is 0 Å². The third-order valence-electron chi connectivity index (χ3n) is 10.8. The number of fused-ring (bicyclic) bond motifs is 5. The summed E-state index contributed by atoms with van der Waals surface area (Å²) in [6.07, 6.45) is 2.20. The number of cyclic esters (lactones) is 1. The van der Waals surface area contributed by atoms with Gasteiger partial charge in [-0.1, -0.05) is 6.92 Å². The van der Waals surface area contributed by atoms with Gasteiger partial charge in [-0.15, -0.1) is 0 Å². The molecule has 53 heavy (non-hydrogen) atoms. The highest BCUT2D eigenvalue weighted by atomic mass is 16.6. The first-order valence-electron chi connectivity index (χ1n) is 17.6. The first-order valence-corrected chi connectivity index (χ1v) is 17.6. The maximum absolute atomic E-state index is 13.9. The Kier molecular flexibility index (Phi) is 8.80. The van der Waals surface area contributed by atoms with Crippen molar-refractivity contribution in [3.63, 3.8) is 0 Å². The van der Waals surface area contributed by atoms with Crippen molar-refractivity contribution in [1.29, 1.82) is 0 Å². The molecule has 0 saturated carbocycles. The summed E-state index contributed by atoms with van der Waals surface area (Å²) >= 11 is 0. The van der Waals surface area contributed by atoms with Crippen molar-refractivity contribution in [1.82, 2.24) is 39.7 Å². The number of benzene rings is 1. The molecule has 0 aliphatic carbocycles. The Balaban J connectivity index is 1.08. The van der Waals surface area contributed by atoms with Gasteiger partial charge in [-0.25, -0.2) is 30.0 Å². The van der Waals surface area contributed by atoms with E-state index in [2.05, 4.69) is 26.8 Å². The van der Waals surface area contributed by atoms with Crippen molar-refractivity contribution in [2.45, 2.75) is 38.6 Å². The summed E-state index contributed by atoms with van der Waals surface area (Å²) in [5, 5.41) is 21.0. The van der Waals surface area contributed by atoms with Gasteiger partial charge in [0.2, 0.25) is 5.95 Å². The predicted octanol–water partition coefficient (Wildman–Crippen LogP) is 1.06. The van der Waals surface area contributed by atoms with Crippen LogP contribution in [0, 0.1) is 0 Å². The van der Waals surface area contributed by atoms with Crippen LogP contribution >= 0.6 is 0 Å². The van der Waals surface area contributed by atoms with Crippen LogP contribution in [-0.2, 0) is 34.8 Å². The molecule has 8 rings (SSSR count). The molecule has 2 amide bonds. The number of likely N-dealkylation sites (N-methyl/N-ethyl adjacent to an activating group) is 1. The van der Waals surface area contributed by atoms with Gasteiger partial charge < -0.3 is 33.8 Å². The highest BCUT2D eigenvalue weighted by Gasteiger charge is 2.45. The topological polar surface area (TPSA) is 196 Å². The van der Waals surface area contributed by atoms with E-state index >= 15 is 0 Å². The highest BCUT2D eigenvalue weighted by Crippen LogP contribution is 2.41. The Morgan fingerprint density at radius 1 is 1.00 bits per heavy atom. The Labute approximate surface area is 303 Å². The van der Waals surface area contributed by atoms with E-state index < -0.39 is 23.6 Å². The fraction of sp³-hybridized carbons (Fsp3) is 0.417. The molecule has 2 fully saturated rings. The molecule has 0 bridgehead atoms. The standard InChI is InChI=1S/C36H39N9O8/c1-3-36(50)27-15-29-30-25(19-45(29)32(47)26(27)20-52-33(36)48)24(18-42-8-6-41(2)7-9-42)23-14-22(4-5-28(23)39-30)53-35(49)44-12-10-43(11-13-44)34-37-16-21(17-38-34)31(46)40-51/h4-5,14-17,50-51H,3,6-13,18-20H2,1-2H3,(H,40,46)/t36-/m0/s1. The van der Waals surface area contributed by atoms with E-state index in [0.717, 1.165) is 42.7 Å². The third-order valence-corrected chi connectivity index (χ3v) is 10.8. The van der Waals surface area contributed by atoms with E-state index in [4.69, 9.17) is 19.7 Å². The van der Waals surface area contributed by atoms with E-state index in [-0.39, 0.29) is 41.8 Å². The first kappa shape index (κ1) is 34.6. The van der Waals surface area contributed by atoms with Gasteiger partial charge in [0.05, 0.1) is 34.6 Å². The van der Waals surface area contributed by atoms with E-state index in [1.54, 1.807) is 40.1 Å². The van der Waals surface area contributed by atoms with Gasteiger partial charge in [0.15, 0.2) is 5.60 Å². The number of esters is 1. The molecule has 4 aliphatic rings. The maximum Gasteiger partial charge on any atom is 0.415 e. The fourth-order valence-electron chi connectivity index (χ4n) is 7.54. The summed E-state index contributed by atoms with van der Waals surface area (Å²) in [7, 11) is 2.10. The number of aromatic nitrogens is 4. The van der Waals surface area contributed by atoms with E-state index in [9.17, 15) is 24.3 Å². The van der Waals surface area contributed by atoms with Crippen molar-refractivity contribution in [2.75, 3.05) is 64.3 Å². The van der Waals surface area contributed by atoms with Crippen molar-refractivity contribution < 1.29 is 34.2 Å². The molecule has 2 saturated heterocycles. The van der Waals surface area contributed by atoms with Gasteiger partial charge in [0.25, 0.3) is 11.5 Å². The number of rotatable bonds is 6. The summed E-state index contributed by atoms with van der Waals surface area (Å²) in [4.78, 5) is 73.2. The number of carbonyl (C=O) groups is 3. The normalized spacial score (nSPS) is 20.1. The molecule has 1 aromatic carbocycles. The summed E-state index contributed by atoms with van der Waals surface area (Å²) in [5.74, 6) is -0.707. The Bertz CT molecular complexity index is 2190. The molecule has 276 valence electrons. The number of nitrogens with one attached hydrogen (secondary N) is 1. The monoisotopic (exact) mass is 725 g/mol. The minimum absolute atomic E-state index is 0.0567. The van der Waals surface area contributed by atoms with Gasteiger partial charge in [-0.05, 0) is 43.3 Å². The van der Waals surface area contributed by atoms with E-state index in [0.29, 0.717) is 61.3 Å². The number of hydrogen-bond acceptors (Lipinski definition) is 14. The van der Waals surface area contributed by atoms with Gasteiger partial charge in [0, 0.05) is 87.8 Å². The number of nitrogens with zero attached hydrogens (tertiary/aromatic N) is 8. The molecule has 17 heteroatoms. The maximum atomic E-state index is 13.9. The van der Waals surface area contributed by atoms with Crippen molar-refractivity contribution in [3.8, 4) is 17.1 Å². The van der Waals surface area contributed by atoms with Crippen LogP contribution in [0.2, 0.25) is 0 Å². The molecule has 4 aromatic rings. The number of ether oxygens (including phenoxy) is 2. The molecular formula is C36H39N9O8. The zero-order chi connectivity index (χ0) is 37.0. The van der Waals surface area contributed by atoms with Crippen LogP contribution in [0.4, 0.5) is 10.7 Å². The van der Waals surface area contributed by atoms with Gasteiger partial charge in [-0.2, -0.15) is 0 Å². The molecule has 1 atom stereocenters. The highest BCUT2D eigenvalue weighted by molar-refractivity contribution is 5.93. The SMILES string of the molecule is CC[C@@]1(O)C(=O)OCc2c1cc1n(c2=O)Cc2c-1nc1ccc(OC(=O)N3CCN(c4ncc(C(=O)NO)cn4)CC3)cc1c2CN1CCN(C)CC1. The summed E-state index contributed by atoms with van der Waals surface area (Å²) in [5.41, 5.74) is 3.63.